The topological polar surface area (TPSA) is 44.4 Å². The van der Waals surface area contributed by atoms with Crippen LogP contribution >= 0.6 is 0 Å². The Labute approximate surface area is 150 Å². The molecule has 132 valence electrons. The number of amides is 1. The summed E-state index contributed by atoms with van der Waals surface area (Å²) in [6.45, 7) is 4.32. The van der Waals surface area contributed by atoms with Gasteiger partial charge in [0.1, 0.15) is 0 Å². The van der Waals surface area contributed by atoms with Crippen LogP contribution in [0.5, 0.6) is 0 Å². The Morgan fingerprint density at radius 2 is 1.80 bits per heavy atom. The maximum Gasteiger partial charge on any atom is 0.255 e. The highest BCUT2D eigenvalue weighted by molar-refractivity contribution is 6.05. The van der Waals surface area contributed by atoms with E-state index in [2.05, 4.69) is 35.6 Å². The molecule has 0 radical (unpaired) electrons. The Bertz CT molecular complexity index is 721. The van der Waals surface area contributed by atoms with Gasteiger partial charge in [0.05, 0.1) is 0 Å². The van der Waals surface area contributed by atoms with Crippen LogP contribution in [0.1, 0.15) is 35.7 Å². The monoisotopic (exact) mass is 337 g/mol. The second-order valence-electron chi connectivity index (χ2n) is 6.77. The summed E-state index contributed by atoms with van der Waals surface area (Å²) in [6.07, 6.45) is 3.15. The molecule has 1 aliphatic rings. The smallest absolute Gasteiger partial charge is 0.255 e. The van der Waals surface area contributed by atoms with Gasteiger partial charge in [0.15, 0.2) is 0 Å². The van der Waals surface area contributed by atoms with Crippen molar-refractivity contribution in [2.24, 2.45) is 0 Å². The second kappa shape index (κ2) is 8.17. The lowest BCUT2D eigenvalue weighted by molar-refractivity contribution is 0.102. The highest BCUT2D eigenvalue weighted by Gasteiger charge is 2.16. The van der Waals surface area contributed by atoms with Crippen LogP contribution in [0.2, 0.25) is 0 Å². The first-order valence-corrected chi connectivity index (χ1v) is 9.10. The van der Waals surface area contributed by atoms with E-state index in [0.29, 0.717) is 6.04 Å². The number of carbonyl (C=O) groups is 1. The van der Waals surface area contributed by atoms with Gasteiger partial charge in [-0.25, -0.2) is 0 Å². The van der Waals surface area contributed by atoms with Gasteiger partial charge in [-0.15, -0.1) is 0 Å². The van der Waals surface area contributed by atoms with Gasteiger partial charge in [-0.05, 0) is 69.2 Å². The molecular weight excluding hydrogens is 310 g/mol. The Hall–Kier alpha value is -2.33. The molecule has 0 saturated carbocycles. The molecule has 1 aliphatic heterocycles. The molecule has 2 aromatic rings. The molecule has 2 aromatic carbocycles. The molecule has 4 nitrogen and oxygen atoms in total. The summed E-state index contributed by atoms with van der Waals surface area (Å²) in [4.78, 5) is 15.0. The van der Waals surface area contributed by atoms with Crippen LogP contribution < -0.4 is 10.6 Å². The lowest BCUT2D eigenvalue weighted by Crippen LogP contribution is -2.36. The van der Waals surface area contributed by atoms with Crippen molar-refractivity contribution in [3.05, 3.63) is 59.7 Å². The number of nitrogens with one attached hydrogen (secondary N) is 2. The molecule has 0 unspecified atom stereocenters. The van der Waals surface area contributed by atoms with E-state index in [1.807, 2.05) is 42.5 Å². The normalized spacial score (nSPS) is 15.8. The average molecular weight is 337 g/mol. The van der Waals surface area contributed by atoms with Crippen LogP contribution in [-0.4, -0.2) is 37.0 Å². The zero-order valence-corrected chi connectivity index (χ0v) is 15.1. The summed E-state index contributed by atoms with van der Waals surface area (Å²) >= 11 is 0. The summed E-state index contributed by atoms with van der Waals surface area (Å²) in [5.41, 5.74) is 3.71. The van der Waals surface area contributed by atoms with Crippen molar-refractivity contribution in [3.8, 4) is 0 Å². The zero-order chi connectivity index (χ0) is 17.6. The first-order valence-electron chi connectivity index (χ1n) is 9.10. The molecule has 0 bridgehead atoms. The quantitative estimate of drug-likeness (QED) is 0.866. The minimum atomic E-state index is -0.0473. The maximum absolute atomic E-state index is 12.6. The Balaban J connectivity index is 1.66. The molecule has 0 spiro atoms. The molecule has 0 aromatic heterocycles. The van der Waals surface area contributed by atoms with E-state index in [-0.39, 0.29) is 5.91 Å². The van der Waals surface area contributed by atoms with Gasteiger partial charge in [0.25, 0.3) is 5.91 Å². The number of anilines is 2. The number of piperidine rings is 1. The second-order valence-corrected chi connectivity index (χ2v) is 6.77. The van der Waals surface area contributed by atoms with Gasteiger partial charge in [-0.1, -0.05) is 31.2 Å². The fraction of sp³-hybridized carbons (Fsp3) is 0.381. The number of benzene rings is 2. The van der Waals surface area contributed by atoms with Crippen LogP contribution in [0.4, 0.5) is 11.4 Å². The predicted molar refractivity (Wildman–Crippen MR) is 104 cm³/mol. The Kier molecular flexibility index (Phi) is 5.71. The van der Waals surface area contributed by atoms with Gasteiger partial charge in [-0.2, -0.15) is 0 Å². The molecule has 1 saturated heterocycles. The summed E-state index contributed by atoms with van der Waals surface area (Å²) in [6, 6.07) is 16.3. The number of hydrogen-bond donors (Lipinski definition) is 2. The standard InChI is InChI=1S/C21H27N3O/c1-3-16-7-4-5-10-20(16)21(25)23-19-9-6-8-18(15-19)22-17-11-13-24(2)14-12-17/h4-10,15,17,22H,3,11-14H2,1-2H3,(H,23,25). The van der Waals surface area contributed by atoms with Crippen LogP contribution in [0, 0.1) is 0 Å². The zero-order valence-electron chi connectivity index (χ0n) is 15.1. The Morgan fingerprint density at radius 3 is 2.56 bits per heavy atom. The van der Waals surface area contributed by atoms with Crippen LogP contribution in [-0.2, 0) is 6.42 Å². The van der Waals surface area contributed by atoms with E-state index >= 15 is 0 Å². The van der Waals surface area contributed by atoms with Gasteiger partial charge in [-0.3, -0.25) is 4.79 Å². The fourth-order valence-electron chi connectivity index (χ4n) is 3.32. The predicted octanol–water partition coefficient (Wildman–Crippen LogP) is 4.01. The average Bonchev–Trinajstić information content (AvgIpc) is 2.64. The molecular formula is C21H27N3O. The molecule has 3 rings (SSSR count). The molecule has 1 fully saturated rings. The van der Waals surface area contributed by atoms with Gasteiger partial charge < -0.3 is 15.5 Å². The summed E-state index contributed by atoms with van der Waals surface area (Å²) < 4.78 is 0. The highest BCUT2D eigenvalue weighted by Crippen LogP contribution is 2.20. The first kappa shape index (κ1) is 17.5. The van der Waals surface area contributed by atoms with Crippen LogP contribution in [0.3, 0.4) is 0 Å². The third-order valence-electron chi connectivity index (χ3n) is 4.85. The van der Waals surface area contributed by atoms with Gasteiger partial charge in [0.2, 0.25) is 0 Å². The van der Waals surface area contributed by atoms with Crippen molar-refractivity contribution >= 4 is 17.3 Å². The number of rotatable bonds is 5. The van der Waals surface area contributed by atoms with E-state index in [1.54, 1.807) is 0 Å². The molecule has 1 amide bonds. The molecule has 0 atom stereocenters. The lowest BCUT2D eigenvalue weighted by Gasteiger charge is -2.30. The lowest BCUT2D eigenvalue weighted by atomic mass is 10.0. The molecule has 25 heavy (non-hydrogen) atoms. The largest absolute Gasteiger partial charge is 0.382 e. The van der Waals surface area contributed by atoms with Crippen molar-refractivity contribution in [1.29, 1.82) is 0 Å². The van der Waals surface area contributed by atoms with E-state index in [0.717, 1.165) is 54.9 Å². The molecule has 2 N–H and O–H groups in total. The molecule has 1 heterocycles. The fourth-order valence-corrected chi connectivity index (χ4v) is 3.32. The first-order chi connectivity index (χ1) is 12.2. The number of likely N-dealkylation sites (tertiary alicyclic amines) is 1. The van der Waals surface area contributed by atoms with Crippen molar-refractivity contribution in [2.75, 3.05) is 30.8 Å². The van der Waals surface area contributed by atoms with E-state index in [1.165, 1.54) is 0 Å². The number of carbonyl (C=O) groups excluding carboxylic acids is 1. The number of aryl methyl sites for hydroxylation is 1. The molecule has 4 heteroatoms. The van der Waals surface area contributed by atoms with Crippen LogP contribution in [0.25, 0.3) is 0 Å². The van der Waals surface area contributed by atoms with Gasteiger partial charge in [0, 0.05) is 23.0 Å². The van der Waals surface area contributed by atoms with Crippen molar-refractivity contribution < 1.29 is 4.79 Å². The Morgan fingerprint density at radius 1 is 1.08 bits per heavy atom. The third-order valence-corrected chi connectivity index (χ3v) is 4.85. The highest BCUT2D eigenvalue weighted by atomic mass is 16.1. The SMILES string of the molecule is CCc1ccccc1C(=O)Nc1cccc(NC2CCN(C)CC2)c1. The van der Waals surface area contributed by atoms with E-state index < -0.39 is 0 Å². The van der Waals surface area contributed by atoms with E-state index in [9.17, 15) is 4.79 Å². The van der Waals surface area contributed by atoms with Crippen molar-refractivity contribution in [1.82, 2.24) is 4.90 Å². The van der Waals surface area contributed by atoms with E-state index in [4.69, 9.17) is 0 Å². The van der Waals surface area contributed by atoms with Gasteiger partial charge >= 0.3 is 0 Å². The van der Waals surface area contributed by atoms with Crippen LogP contribution in [0.15, 0.2) is 48.5 Å². The number of hydrogen-bond acceptors (Lipinski definition) is 3. The summed E-state index contributed by atoms with van der Waals surface area (Å²) in [5, 5.41) is 6.63. The summed E-state index contributed by atoms with van der Waals surface area (Å²) in [7, 11) is 2.17. The van der Waals surface area contributed by atoms with Crippen molar-refractivity contribution in [2.45, 2.75) is 32.2 Å². The number of nitrogens with zero attached hydrogens (tertiary/aromatic N) is 1. The minimum Gasteiger partial charge on any atom is -0.382 e. The molecule has 0 aliphatic carbocycles. The maximum atomic E-state index is 12.6. The summed E-state index contributed by atoms with van der Waals surface area (Å²) in [5.74, 6) is -0.0473. The third kappa shape index (κ3) is 4.60. The minimum absolute atomic E-state index is 0.0473. The van der Waals surface area contributed by atoms with Crippen molar-refractivity contribution in [3.63, 3.8) is 0 Å².